The van der Waals surface area contributed by atoms with Crippen molar-refractivity contribution >= 4 is 82.7 Å². The fourth-order valence-electron chi connectivity index (χ4n) is 6.20. The summed E-state index contributed by atoms with van der Waals surface area (Å²) >= 11 is 1.39. The number of aromatic amines is 1. The lowest BCUT2D eigenvalue weighted by Gasteiger charge is -2.28. The first-order valence-electron chi connectivity index (χ1n) is 19.8. The highest BCUT2D eigenvalue weighted by molar-refractivity contribution is 7.98. The molecular formula is C40H58N8O12S. The predicted molar refractivity (Wildman–Crippen MR) is 225 cm³/mol. The van der Waals surface area contributed by atoms with Crippen LogP contribution < -0.4 is 37.2 Å². The number of amides is 7. The van der Waals surface area contributed by atoms with Crippen LogP contribution in [0.3, 0.4) is 0 Å². The highest BCUT2D eigenvalue weighted by atomic mass is 32.2. The van der Waals surface area contributed by atoms with Gasteiger partial charge < -0.3 is 57.2 Å². The minimum Gasteiger partial charge on any atom is -0.481 e. The van der Waals surface area contributed by atoms with Gasteiger partial charge in [0.1, 0.15) is 42.5 Å². The molecule has 1 aromatic heterocycles. The number of carboxylic acid groups (broad SMARTS) is 2. The second-order valence-corrected chi connectivity index (χ2v) is 16.2. The van der Waals surface area contributed by atoms with Gasteiger partial charge in [0.15, 0.2) is 0 Å². The molecule has 1 heterocycles. The molecule has 0 aliphatic rings. The van der Waals surface area contributed by atoms with Crippen molar-refractivity contribution in [2.24, 2.45) is 11.8 Å². The Kier molecular flexibility index (Phi) is 21.5. The third kappa shape index (κ3) is 17.3. The number of fused-ring (bicyclic) bond motifs is 1. The molecule has 10 N–H and O–H groups in total. The maximum atomic E-state index is 13.7. The summed E-state index contributed by atoms with van der Waals surface area (Å²) in [4.78, 5) is 130. The lowest BCUT2D eigenvalue weighted by Crippen LogP contribution is -2.60. The molecule has 0 saturated carbocycles. The normalized spacial score (nSPS) is 14.6. The van der Waals surface area contributed by atoms with Crippen LogP contribution in [-0.4, -0.2) is 130 Å². The Balaban J connectivity index is 2.28. The lowest BCUT2D eigenvalue weighted by molar-refractivity contribution is -0.142. The standard InChI is InChI=1S/C40H58N8O12S/c1-21(2)15-25(19-49)44-38(58)30(16-24-18-41-27-10-8-7-9-26(24)27)46-35(55)23(5)43-37(57)29(11-12-32(51)52)45-40(60)34(22(3)4)48-39(59)31(17-33(53)54)47-36(56)28(42-20-50)13-14-61-6/h7-10,18-23,25,28-31,34,41H,11-17H2,1-6H3,(H,42,50)(H,43,57)(H,44,58)(H,45,60)(H,46,55)(H,47,56)(H,48,59)(H,51,52)(H,53,54)/t23-,25-,28-,29-,30-,31-,34-/m0/s1. The summed E-state index contributed by atoms with van der Waals surface area (Å²) in [6, 6.07) is -1.85. The Labute approximate surface area is 357 Å². The second-order valence-electron chi connectivity index (χ2n) is 15.2. The molecule has 61 heavy (non-hydrogen) atoms. The highest BCUT2D eigenvalue weighted by Gasteiger charge is 2.35. The first-order chi connectivity index (χ1) is 28.8. The Hall–Kier alpha value is -5.99. The molecule has 0 spiro atoms. The smallest absolute Gasteiger partial charge is 0.305 e. The summed E-state index contributed by atoms with van der Waals surface area (Å²) in [6.07, 6.45) is 2.95. The van der Waals surface area contributed by atoms with E-state index in [1.807, 2.05) is 38.1 Å². The van der Waals surface area contributed by atoms with Crippen LogP contribution in [-0.2, 0) is 54.4 Å². The first kappa shape index (κ1) is 51.2. The molecule has 2 aromatic rings. The number of benzene rings is 1. The summed E-state index contributed by atoms with van der Waals surface area (Å²) in [5.74, 6) is -8.25. The molecule has 1 aromatic carbocycles. The second kappa shape index (κ2) is 25.6. The van der Waals surface area contributed by atoms with Crippen LogP contribution in [0.1, 0.15) is 72.3 Å². The monoisotopic (exact) mass is 874 g/mol. The topological polar surface area (TPSA) is 311 Å². The van der Waals surface area contributed by atoms with E-state index in [2.05, 4.69) is 42.2 Å². The zero-order valence-corrected chi connectivity index (χ0v) is 35.9. The molecule has 0 fully saturated rings. The minimum absolute atomic E-state index is 0.000344. The fourth-order valence-corrected chi connectivity index (χ4v) is 6.67. The number of rotatable bonds is 28. The van der Waals surface area contributed by atoms with Gasteiger partial charge in [-0.25, -0.2) is 0 Å². The highest BCUT2D eigenvalue weighted by Crippen LogP contribution is 2.19. The Morgan fingerprint density at radius 1 is 0.705 bits per heavy atom. The minimum atomic E-state index is -1.68. The molecule has 7 amide bonds. The number of hydrogen-bond acceptors (Lipinski definition) is 11. The summed E-state index contributed by atoms with van der Waals surface area (Å²) in [7, 11) is 0. The van der Waals surface area contributed by atoms with Gasteiger partial charge in [0.25, 0.3) is 0 Å². The molecule has 21 heteroatoms. The first-order valence-corrected chi connectivity index (χ1v) is 21.2. The number of carboxylic acids is 2. The lowest BCUT2D eigenvalue weighted by atomic mass is 10.0. The Morgan fingerprint density at radius 3 is 1.90 bits per heavy atom. The van der Waals surface area contributed by atoms with Gasteiger partial charge >= 0.3 is 11.9 Å². The molecular weight excluding hydrogens is 817 g/mol. The number of carbonyl (C=O) groups excluding carboxylic acids is 8. The maximum absolute atomic E-state index is 13.7. The van der Waals surface area contributed by atoms with Crippen LogP contribution >= 0.6 is 11.8 Å². The quantitative estimate of drug-likeness (QED) is 0.0494. The van der Waals surface area contributed by atoms with Crippen LogP contribution in [0.15, 0.2) is 30.5 Å². The van der Waals surface area contributed by atoms with Crippen molar-refractivity contribution in [3.05, 3.63) is 36.0 Å². The van der Waals surface area contributed by atoms with Crippen LogP contribution in [0.25, 0.3) is 10.9 Å². The van der Waals surface area contributed by atoms with E-state index in [0.717, 1.165) is 10.9 Å². The number of aromatic nitrogens is 1. The van der Waals surface area contributed by atoms with E-state index in [4.69, 9.17) is 0 Å². The molecule has 20 nitrogen and oxygen atoms in total. The molecule has 7 atom stereocenters. The SMILES string of the molecule is CSCC[C@H](NC=O)C(=O)N[C@@H](CC(=O)O)C(=O)N[C@H](C(=O)N[C@@H](CCC(=O)O)C(=O)N[C@@H](C)C(=O)N[C@@H](Cc1c[nH]c2ccccc12)C(=O)N[C@H](C=O)CC(C)C)C(C)C. The van der Waals surface area contributed by atoms with E-state index in [1.165, 1.54) is 32.5 Å². The number of nitrogens with one attached hydrogen (secondary N) is 8. The summed E-state index contributed by atoms with van der Waals surface area (Å²) in [5.41, 5.74) is 1.47. The number of H-pyrrole nitrogens is 1. The average molecular weight is 875 g/mol. The van der Waals surface area contributed by atoms with Crippen molar-refractivity contribution < 1.29 is 58.2 Å². The predicted octanol–water partition coefficient (Wildman–Crippen LogP) is -0.253. The maximum Gasteiger partial charge on any atom is 0.305 e. The van der Waals surface area contributed by atoms with Gasteiger partial charge in [-0.2, -0.15) is 11.8 Å². The molecule has 336 valence electrons. The molecule has 0 bridgehead atoms. The molecule has 0 unspecified atom stereocenters. The third-order valence-electron chi connectivity index (χ3n) is 9.44. The fraction of sp³-hybridized carbons (Fsp3) is 0.550. The van der Waals surface area contributed by atoms with Crippen molar-refractivity contribution in [1.82, 2.24) is 42.2 Å². The van der Waals surface area contributed by atoms with Crippen molar-refractivity contribution in [3.63, 3.8) is 0 Å². The zero-order valence-electron chi connectivity index (χ0n) is 35.1. The molecule has 2 rings (SSSR count). The van der Waals surface area contributed by atoms with Gasteiger partial charge in [-0.3, -0.25) is 43.2 Å². The largest absolute Gasteiger partial charge is 0.481 e. The molecule has 0 aliphatic heterocycles. The van der Waals surface area contributed by atoms with Crippen molar-refractivity contribution in [2.75, 3.05) is 12.0 Å². The van der Waals surface area contributed by atoms with Gasteiger partial charge in [0, 0.05) is 29.9 Å². The summed E-state index contributed by atoms with van der Waals surface area (Å²) in [5, 5.41) is 36.9. The number of para-hydroxylation sites is 1. The molecule has 0 aliphatic carbocycles. The van der Waals surface area contributed by atoms with Gasteiger partial charge in [0.2, 0.25) is 41.9 Å². The number of aliphatic carboxylic acids is 2. The van der Waals surface area contributed by atoms with E-state index in [9.17, 15) is 58.2 Å². The summed E-state index contributed by atoms with van der Waals surface area (Å²) < 4.78 is 0. The Morgan fingerprint density at radius 2 is 1.31 bits per heavy atom. The van der Waals surface area contributed by atoms with Crippen molar-refractivity contribution in [2.45, 2.75) is 115 Å². The van der Waals surface area contributed by atoms with Crippen molar-refractivity contribution in [1.29, 1.82) is 0 Å². The molecule has 0 radical (unpaired) electrons. The van der Waals surface area contributed by atoms with Crippen molar-refractivity contribution in [3.8, 4) is 0 Å². The van der Waals surface area contributed by atoms with E-state index in [1.54, 1.807) is 12.5 Å². The molecule has 0 saturated heterocycles. The van der Waals surface area contributed by atoms with Gasteiger partial charge in [-0.1, -0.05) is 45.9 Å². The zero-order chi connectivity index (χ0) is 45.8. The van der Waals surface area contributed by atoms with E-state index < -0.39 is 115 Å². The van der Waals surface area contributed by atoms with Crippen LogP contribution in [0.4, 0.5) is 0 Å². The number of thioether (sulfide) groups is 1. The summed E-state index contributed by atoms with van der Waals surface area (Å²) in [6.45, 7) is 8.13. The van der Waals surface area contributed by atoms with E-state index >= 15 is 0 Å². The number of carbonyl (C=O) groups is 10. The van der Waals surface area contributed by atoms with Gasteiger partial charge in [0.05, 0.1) is 12.5 Å². The van der Waals surface area contributed by atoms with Crippen LogP contribution in [0.2, 0.25) is 0 Å². The third-order valence-corrected chi connectivity index (χ3v) is 10.1. The van der Waals surface area contributed by atoms with Crippen LogP contribution in [0, 0.1) is 11.8 Å². The van der Waals surface area contributed by atoms with E-state index in [-0.39, 0.29) is 18.8 Å². The van der Waals surface area contributed by atoms with E-state index in [0.29, 0.717) is 30.4 Å². The van der Waals surface area contributed by atoms with Gasteiger partial charge in [-0.15, -0.1) is 0 Å². The Bertz CT molecular complexity index is 1870. The van der Waals surface area contributed by atoms with Gasteiger partial charge in [-0.05, 0) is 61.7 Å². The average Bonchev–Trinajstić information content (AvgIpc) is 3.60. The van der Waals surface area contributed by atoms with Crippen LogP contribution in [0.5, 0.6) is 0 Å². The number of aldehydes is 1. The number of hydrogen-bond donors (Lipinski definition) is 10.